The summed E-state index contributed by atoms with van der Waals surface area (Å²) in [6.45, 7) is 20.7. The minimum atomic E-state index is -1.01. The van der Waals surface area contributed by atoms with E-state index in [1.807, 2.05) is 31.4 Å². The SMILES string of the molecule is C=C/C(=C(\N=C/C)[C@H](C)OC)c1c2c3nc(ccc3n1CC)-c1csc(n1)C[C@H](NC(=O)OC(C)(C)C)C(=O)N1CCC[C@H](N1)C(=O)OCC(C)(C)C2. The van der Waals surface area contributed by atoms with E-state index in [0.29, 0.717) is 48.7 Å². The number of aryl methyl sites for hydroxylation is 1. The van der Waals surface area contributed by atoms with Crippen LogP contribution in [0.25, 0.3) is 28.0 Å². The minimum absolute atomic E-state index is 0.111. The lowest BCUT2D eigenvalue weighted by atomic mass is 9.85. The van der Waals surface area contributed by atoms with Crippen LogP contribution in [0.4, 0.5) is 4.79 Å². The molecule has 0 aromatic carbocycles. The molecule has 0 aliphatic carbocycles. The van der Waals surface area contributed by atoms with Crippen molar-refractivity contribution < 1.29 is 28.6 Å². The zero-order valence-electron chi connectivity index (χ0n) is 32.4. The summed E-state index contributed by atoms with van der Waals surface area (Å²) in [5.41, 5.74) is 8.30. The Bertz CT molecular complexity index is 1920. The number of ether oxygens (including phenoxy) is 3. The lowest BCUT2D eigenvalue weighted by molar-refractivity contribution is -0.155. The van der Waals surface area contributed by atoms with Gasteiger partial charge in [-0.25, -0.2) is 20.2 Å². The maximum absolute atomic E-state index is 14.0. The van der Waals surface area contributed by atoms with Crippen LogP contribution in [-0.2, 0) is 43.2 Å². The van der Waals surface area contributed by atoms with Gasteiger partial charge in [0, 0.05) is 54.8 Å². The van der Waals surface area contributed by atoms with Crippen LogP contribution >= 0.6 is 11.3 Å². The molecule has 14 heteroatoms. The van der Waals surface area contributed by atoms with E-state index >= 15 is 0 Å². The molecule has 2 aliphatic heterocycles. The number of rotatable bonds is 7. The van der Waals surface area contributed by atoms with Gasteiger partial charge in [0.1, 0.15) is 17.7 Å². The topological polar surface area (TPSA) is 149 Å². The summed E-state index contributed by atoms with van der Waals surface area (Å²) < 4.78 is 19.5. The van der Waals surface area contributed by atoms with E-state index in [1.54, 1.807) is 34.1 Å². The highest BCUT2D eigenvalue weighted by Gasteiger charge is 2.36. The second-order valence-corrected chi connectivity index (χ2v) is 16.1. The molecule has 1 fully saturated rings. The largest absolute Gasteiger partial charge is 0.464 e. The molecule has 0 saturated carbocycles. The van der Waals surface area contributed by atoms with Crippen LogP contribution in [0.3, 0.4) is 0 Å². The highest BCUT2D eigenvalue weighted by molar-refractivity contribution is 7.10. The summed E-state index contributed by atoms with van der Waals surface area (Å²) in [5, 5.41) is 6.71. The maximum Gasteiger partial charge on any atom is 0.408 e. The number of carbonyl (C=O) groups is 3. The van der Waals surface area contributed by atoms with E-state index in [1.165, 1.54) is 16.3 Å². The second-order valence-electron chi connectivity index (χ2n) is 15.2. The van der Waals surface area contributed by atoms with Crippen molar-refractivity contribution in [3.05, 3.63) is 52.1 Å². The monoisotopic (exact) mass is 747 g/mol. The van der Waals surface area contributed by atoms with Crippen molar-refractivity contribution in [1.29, 1.82) is 0 Å². The number of aromatic nitrogens is 3. The Balaban J connectivity index is 1.70. The van der Waals surface area contributed by atoms with Crippen molar-refractivity contribution in [2.75, 3.05) is 20.3 Å². The predicted molar refractivity (Wildman–Crippen MR) is 207 cm³/mol. The van der Waals surface area contributed by atoms with Gasteiger partial charge in [0.15, 0.2) is 0 Å². The van der Waals surface area contributed by atoms with Crippen molar-refractivity contribution in [1.82, 2.24) is 30.3 Å². The average Bonchev–Trinajstić information content (AvgIpc) is 3.70. The number of nitrogens with one attached hydrogen (secondary N) is 2. The van der Waals surface area contributed by atoms with Gasteiger partial charge in [-0.15, -0.1) is 11.3 Å². The standard InChI is InChI=1S/C39H53N7O6S/c1-11-24(32(40-12-2)23(4)50-10)34-25-20-39(8,9)22-51-36(48)27-15-14-18-46(44-27)35(47)28(43-37(49)52-38(5,6)7)19-31-41-29(21-53-31)26-16-17-30(33(25)42-26)45(34)13-3/h11-12,16-17,21,23,27-28,44H,1,13-15,18-20,22H2,2-10H3,(H,43,49)/b32-24+,40-12-/t23-,27-,28-/m0/s1. The second kappa shape index (κ2) is 16.3. The average molecular weight is 748 g/mol. The summed E-state index contributed by atoms with van der Waals surface area (Å²) >= 11 is 1.38. The number of hydrogen-bond acceptors (Lipinski definition) is 11. The molecule has 3 atom stereocenters. The van der Waals surface area contributed by atoms with Crippen LogP contribution in [0.5, 0.6) is 0 Å². The van der Waals surface area contributed by atoms with Gasteiger partial charge in [-0.3, -0.25) is 19.6 Å². The molecule has 0 radical (unpaired) electrons. The molecule has 2 aliphatic rings. The van der Waals surface area contributed by atoms with E-state index in [-0.39, 0.29) is 19.1 Å². The summed E-state index contributed by atoms with van der Waals surface area (Å²) in [7, 11) is 1.66. The number of thiazole rings is 1. The first-order valence-corrected chi connectivity index (χ1v) is 19.1. The van der Waals surface area contributed by atoms with Gasteiger partial charge in [-0.05, 0) is 72.9 Å². The van der Waals surface area contributed by atoms with Crippen molar-refractivity contribution in [2.24, 2.45) is 10.4 Å². The number of hydrazine groups is 1. The number of aliphatic imine (C=N–C) groups is 1. The smallest absolute Gasteiger partial charge is 0.408 e. The number of allylic oxidation sites excluding steroid dienone is 2. The van der Waals surface area contributed by atoms with Gasteiger partial charge >= 0.3 is 12.1 Å². The van der Waals surface area contributed by atoms with Gasteiger partial charge in [0.2, 0.25) is 0 Å². The third-order valence-electron chi connectivity index (χ3n) is 9.24. The Morgan fingerprint density at radius 3 is 2.68 bits per heavy atom. The fourth-order valence-corrected chi connectivity index (χ4v) is 7.58. The van der Waals surface area contributed by atoms with Crippen LogP contribution < -0.4 is 10.7 Å². The molecular formula is C39H53N7O6S. The van der Waals surface area contributed by atoms with Crippen LogP contribution in [-0.4, -0.2) is 87.8 Å². The molecule has 13 nitrogen and oxygen atoms in total. The number of fused-ring (bicyclic) bond motifs is 6. The summed E-state index contributed by atoms with van der Waals surface area (Å²) in [5.74, 6) is -0.848. The van der Waals surface area contributed by atoms with E-state index < -0.39 is 41.1 Å². The molecule has 2 amide bonds. The van der Waals surface area contributed by atoms with Crippen molar-refractivity contribution in [3.63, 3.8) is 0 Å². The zero-order chi connectivity index (χ0) is 38.7. The molecular weight excluding hydrogens is 695 g/mol. The maximum atomic E-state index is 14.0. The lowest BCUT2D eigenvalue weighted by Crippen LogP contribution is -2.60. The molecule has 6 bridgehead atoms. The number of pyridine rings is 1. The number of hydrogen-bond donors (Lipinski definition) is 2. The summed E-state index contributed by atoms with van der Waals surface area (Å²) in [6.07, 6.45) is 4.24. The number of carbonyl (C=O) groups excluding carboxylic acids is 3. The molecule has 3 aromatic rings. The van der Waals surface area contributed by atoms with E-state index in [2.05, 4.69) is 48.7 Å². The molecule has 1 saturated heterocycles. The first-order chi connectivity index (χ1) is 25.1. The highest BCUT2D eigenvalue weighted by Crippen LogP contribution is 2.39. The van der Waals surface area contributed by atoms with Crippen LogP contribution in [0.1, 0.15) is 84.5 Å². The zero-order valence-corrected chi connectivity index (χ0v) is 33.2. The van der Waals surface area contributed by atoms with Gasteiger partial charge < -0.3 is 24.1 Å². The molecule has 2 N–H and O–H groups in total. The Kier molecular flexibility index (Phi) is 12.3. The van der Waals surface area contributed by atoms with Crippen LogP contribution in [0.2, 0.25) is 0 Å². The minimum Gasteiger partial charge on any atom is -0.464 e. The Hall–Kier alpha value is -4.40. The van der Waals surface area contributed by atoms with Crippen LogP contribution in [0, 0.1) is 5.41 Å². The summed E-state index contributed by atoms with van der Waals surface area (Å²) in [6, 6.07) is 2.26. The third kappa shape index (κ3) is 9.05. The number of esters is 1. The van der Waals surface area contributed by atoms with Crippen LogP contribution in [0.15, 0.2) is 40.9 Å². The molecule has 286 valence electrons. The Morgan fingerprint density at radius 2 is 2.02 bits per heavy atom. The quantitative estimate of drug-likeness (QED) is 0.162. The molecule has 0 spiro atoms. The molecule has 0 unspecified atom stereocenters. The molecule has 3 aromatic heterocycles. The normalized spacial score (nSPS) is 20.8. The summed E-state index contributed by atoms with van der Waals surface area (Å²) in [4.78, 5) is 55.5. The Morgan fingerprint density at radius 1 is 1.26 bits per heavy atom. The van der Waals surface area contributed by atoms with E-state index in [4.69, 9.17) is 29.2 Å². The van der Waals surface area contributed by atoms with Gasteiger partial charge in [0.05, 0.1) is 51.5 Å². The van der Waals surface area contributed by atoms with Gasteiger partial charge in [-0.2, -0.15) is 0 Å². The number of alkyl carbamates (subject to hydrolysis) is 1. The molecule has 5 heterocycles. The fourth-order valence-electron chi connectivity index (χ4n) is 6.75. The first kappa shape index (κ1) is 39.8. The highest BCUT2D eigenvalue weighted by atomic mass is 32.1. The Labute approximate surface area is 315 Å². The predicted octanol–water partition coefficient (Wildman–Crippen LogP) is 6.26. The fraction of sp³-hybridized carbons (Fsp3) is 0.538. The van der Waals surface area contributed by atoms with Gasteiger partial charge in [0.25, 0.3) is 5.91 Å². The molecule has 5 rings (SSSR count). The number of cyclic esters (lactones) is 1. The number of methoxy groups -OCH3 is 1. The lowest BCUT2D eigenvalue weighted by Gasteiger charge is -2.35. The van der Waals surface area contributed by atoms with Gasteiger partial charge in [-0.1, -0.05) is 26.5 Å². The van der Waals surface area contributed by atoms with E-state index in [9.17, 15) is 14.4 Å². The number of amides is 2. The van der Waals surface area contributed by atoms with Crippen molar-refractivity contribution in [3.8, 4) is 11.4 Å². The van der Waals surface area contributed by atoms with E-state index in [0.717, 1.165) is 33.6 Å². The third-order valence-corrected chi connectivity index (χ3v) is 10.1. The van der Waals surface area contributed by atoms with Crippen molar-refractivity contribution >= 4 is 52.1 Å². The molecule has 53 heavy (non-hydrogen) atoms. The first-order valence-electron chi connectivity index (χ1n) is 18.2. The number of nitrogens with zero attached hydrogens (tertiary/aromatic N) is 5. The van der Waals surface area contributed by atoms with Crippen molar-refractivity contribution in [2.45, 2.75) is 111 Å².